The van der Waals surface area contributed by atoms with Gasteiger partial charge in [0.2, 0.25) is 0 Å². The van der Waals surface area contributed by atoms with Crippen molar-refractivity contribution in [2.24, 2.45) is 0 Å². The molecule has 56 heteroatoms. The maximum absolute atomic E-state index is 14.4. The molecule has 8 aromatic rings. The quantitative estimate of drug-likeness (QED) is 0.00542. The smallest absolute Gasteiger partial charge is 0.505 e. The summed E-state index contributed by atoms with van der Waals surface area (Å²) in [6.45, 7) is 11.6. The Balaban J connectivity index is 0.000000349. The first-order valence-corrected chi connectivity index (χ1v) is 41.7. The normalized spacial score (nSPS) is 13.6. The molecule has 3 heterocycles. The number of fused-ring (bicyclic) bond motifs is 2. The summed E-state index contributed by atoms with van der Waals surface area (Å²) in [5.74, 6) is -27.2. The van der Waals surface area contributed by atoms with E-state index in [0.29, 0.717) is 104 Å². The molecule has 0 aliphatic carbocycles. The molecule has 0 atom stereocenters. The number of carbonyl (C=O) groups excluding carboxylic acids is 7. The van der Waals surface area contributed by atoms with Crippen LogP contribution >= 0.6 is 11.6 Å². The number of Topliss-reactive ketones (excluding diaryl/α,β-unsaturated/α-hetero) is 4. The van der Waals surface area contributed by atoms with E-state index in [1.807, 2.05) is 12.1 Å². The van der Waals surface area contributed by atoms with Gasteiger partial charge in [0.15, 0.2) is 71.4 Å². The lowest BCUT2D eigenvalue weighted by Gasteiger charge is -2.32. The number of phenols is 2. The van der Waals surface area contributed by atoms with Gasteiger partial charge < -0.3 is 76.2 Å². The molecule has 11 rings (SSSR count). The third kappa shape index (κ3) is 33.9. The van der Waals surface area contributed by atoms with E-state index in [1.54, 1.807) is 7.11 Å². The molecule has 0 spiro atoms. The van der Waals surface area contributed by atoms with Gasteiger partial charge in [0.1, 0.15) is 23.4 Å². The zero-order chi connectivity index (χ0) is 109. The van der Waals surface area contributed by atoms with Crippen LogP contribution in [0.3, 0.4) is 0 Å². The molecule has 1 saturated heterocycles. The van der Waals surface area contributed by atoms with Gasteiger partial charge in [-0.2, -0.15) is 101 Å². The van der Waals surface area contributed by atoms with E-state index in [-0.39, 0.29) is 62.1 Å². The molecule has 3 aliphatic heterocycles. The summed E-state index contributed by atoms with van der Waals surface area (Å²) in [4.78, 5) is 92.1. The summed E-state index contributed by atoms with van der Waals surface area (Å²) >= 11 is 4.96. The number of halogens is 28. The number of esters is 3. The Bertz CT molecular complexity index is 5930. The molecule has 0 saturated carbocycles. The van der Waals surface area contributed by atoms with Gasteiger partial charge in [-0.25, -0.2) is 45.5 Å². The summed E-state index contributed by atoms with van der Waals surface area (Å²) < 4.78 is 429. The minimum absolute atomic E-state index is 0.0116. The van der Waals surface area contributed by atoms with Crippen molar-refractivity contribution in [1.82, 2.24) is 0 Å². The topological polar surface area (TPSA) is 351 Å². The van der Waals surface area contributed by atoms with Crippen LogP contribution in [0.1, 0.15) is 147 Å². The zero-order valence-corrected chi connectivity index (χ0v) is 76.4. The van der Waals surface area contributed by atoms with Crippen LogP contribution in [0, 0.1) is 34.9 Å². The third-order valence-electron chi connectivity index (χ3n) is 18.6. The molecule has 786 valence electrons. The number of benzene rings is 8. The Morgan fingerprint density at radius 2 is 0.797 bits per heavy atom. The molecule has 8 aromatic carbocycles. The molecule has 3 aliphatic rings. The number of ether oxygens (including phenoxy) is 10. The van der Waals surface area contributed by atoms with Crippen LogP contribution in [-0.4, -0.2) is 169 Å². The lowest BCUT2D eigenvalue weighted by molar-refractivity contribution is -0.140. The lowest BCUT2D eigenvalue weighted by Crippen LogP contribution is -2.41. The number of hydrogen-bond donors (Lipinski definition) is 3. The number of ketones is 4. The van der Waals surface area contributed by atoms with E-state index in [1.165, 1.54) is 44.7 Å². The first kappa shape index (κ1) is 122. The first-order chi connectivity index (χ1) is 65.9. The highest BCUT2D eigenvalue weighted by molar-refractivity contribution is 7.88. The molecular weight excluding hydrogens is 2050 g/mol. The Morgan fingerprint density at radius 1 is 0.427 bits per heavy atom. The second-order valence-corrected chi connectivity index (χ2v) is 30.8. The van der Waals surface area contributed by atoms with Gasteiger partial charge in [-0.05, 0) is 199 Å². The molecule has 0 unspecified atom stereocenters. The number of methoxy groups -OCH3 is 3. The molecule has 3 N–H and O–H groups in total. The summed E-state index contributed by atoms with van der Waals surface area (Å²) in [6, 6.07) is 16.4. The van der Waals surface area contributed by atoms with Gasteiger partial charge in [0.05, 0.1) is 99.9 Å². The Hall–Kier alpha value is -12.9. The molecule has 0 bridgehead atoms. The standard InChI is InChI=1S/C18H12F4O4.C15H21BO3.C13H12F4O5.C12H7F7O6S.C11H8F4O4.C9H8F4O2.C7H4F4O.C2H5ClO/c19-12-5-4-11(18(20,21)22)15(16(23)17(24)25)14(12)10-3-6-13-9(8-10)2-1-7-26-13;1-14(2)15(3,4)19-16(18-14)12-7-8-13-11(10-12)6-5-9-17-13;1-3-21-12(19)10(18)9-7(13(15,16)17)4-5-8(14)11(9)22-6-20-2;1-2-24-10(21)8(20)7-5(11(14,15)16)3-4-6(13)9(7)25-26(22,23)12(17,18)19;1-2-19-10(18)9(17)7-5(11(13,14)15)3-4-6(12)8(7)16;1-14-5-15-8-4-6(9(11,12)13)2-3-7(8)10;8-5-2-1-4(3-6(5)12)7(9,10)11;1-4-2-3/h3-6,8H,1-2,7H2,(H,24,25);7-8,10H,5-6,9H2,1-4H3;4-5H,3,6H2,1-2H3;3-4H,2H2,1H3;3-4,16H,2H2,1H3;2-4H,5H2,1H3;1-3,12H;2H2,1H3. The van der Waals surface area contributed by atoms with Crippen LogP contribution in [0.4, 0.5) is 119 Å². The van der Waals surface area contributed by atoms with Gasteiger partial charge in [0, 0.05) is 26.9 Å². The summed E-state index contributed by atoms with van der Waals surface area (Å²) in [5, 5.41) is 26.7. The number of hydrogen-bond acceptors (Lipinski definition) is 25. The van der Waals surface area contributed by atoms with E-state index in [4.69, 9.17) is 40.6 Å². The molecule has 0 aromatic heterocycles. The van der Waals surface area contributed by atoms with Crippen molar-refractivity contribution in [3.8, 4) is 51.4 Å². The number of phenolic OH excluding ortho intramolecular Hbond substituents is 2. The number of carboxylic acids is 1. The van der Waals surface area contributed by atoms with Crippen molar-refractivity contribution in [2.75, 3.05) is 74.0 Å². The van der Waals surface area contributed by atoms with Crippen LogP contribution in [0.5, 0.6) is 40.2 Å². The van der Waals surface area contributed by atoms with E-state index >= 15 is 0 Å². The van der Waals surface area contributed by atoms with Crippen LogP contribution in [0.15, 0.2) is 121 Å². The minimum atomic E-state index is -6.64. The number of alkyl halides is 22. The predicted octanol–water partition coefficient (Wildman–Crippen LogP) is 20.3. The van der Waals surface area contributed by atoms with Crippen molar-refractivity contribution in [3.05, 3.63) is 223 Å². The van der Waals surface area contributed by atoms with E-state index in [0.717, 1.165) is 44.7 Å². The summed E-state index contributed by atoms with van der Waals surface area (Å²) in [7, 11) is -2.94. The van der Waals surface area contributed by atoms with Crippen molar-refractivity contribution < 1.29 is 241 Å². The van der Waals surface area contributed by atoms with Gasteiger partial charge in [0.25, 0.3) is 23.1 Å². The zero-order valence-electron chi connectivity index (χ0n) is 74.8. The minimum Gasteiger partial charge on any atom is -0.505 e. The maximum Gasteiger partial charge on any atom is 0.534 e. The van der Waals surface area contributed by atoms with Gasteiger partial charge >= 0.3 is 83.7 Å². The van der Waals surface area contributed by atoms with Gasteiger partial charge in [-0.1, -0.05) is 29.8 Å². The predicted molar refractivity (Wildman–Crippen MR) is 440 cm³/mol. The highest BCUT2D eigenvalue weighted by Gasteiger charge is 2.54. The number of carbonyl (C=O) groups is 8. The maximum atomic E-state index is 14.4. The Kier molecular flexibility index (Phi) is 44.0. The third-order valence-corrected chi connectivity index (χ3v) is 19.8. The fourth-order valence-electron chi connectivity index (χ4n) is 11.5. The number of aliphatic carboxylic acids is 1. The second-order valence-electron chi connectivity index (χ2n) is 29.0. The van der Waals surface area contributed by atoms with Crippen molar-refractivity contribution >= 4 is 81.3 Å². The van der Waals surface area contributed by atoms with Crippen molar-refractivity contribution in [3.63, 3.8) is 0 Å². The van der Waals surface area contributed by atoms with E-state index in [2.05, 4.69) is 75.8 Å². The number of rotatable bonds is 22. The first-order valence-electron chi connectivity index (χ1n) is 39.7. The van der Waals surface area contributed by atoms with Gasteiger partial charge in [-0.3, -0.25) is 19.2 Å². The summed E-state index contributed by atoms with van der Waals surface area (Å²) in [5.41, 5.74) is -19.1. The molecular formula is C87H77BClF27O26S. The highest BCUT2D eigenvalue weighted by atomic mass is 35.5. The number of carboxylic acid groups (broad SMARTS) is 1. The largest absolute Gasteiger partial charge is 0.534 e. The average molecular weight is 2130 g/mol. The van der Waals surface area contributed by atoms with Gasteiger partial charge in [-0.15, -0.1) is 0 Å². The lowest BCUT2D eigenvalue weighted by atomic mass is 9.78. The SMILES string of the molecule is CC1(C)OB(c2ccc3c(c2)CCCO3)OC1(C)C.CCOC(=O)C(=O)c1c(C(F)(F)F)ccc(F)c1O.CCOC(=O)C(=O)c1c(C(F)(F)F)ccc(F)c1OCOC.CCOC(=O)C(=O)c1c(C(F)(F)F)ccc(F)c1OS(=O)(=O)C(F)(F)F.COCCl.COCOc1cc(C(F)(F)F)ccc1F.O=C(O)C(=O)c1c(C(F)(F)F)ccc(F)c1-c1ccc2c(c1)CCCO2.Oc1cc(C(F)(F)F)ccc1F. The Labute approximate surface area is 796 Å². The van der Waals surface area contributed by atoms with Crippen LogP contribution in [0.2, 0.25) is 0 Å². The molecule has 0 amide bonds. The second kappa shape index (κ2) is 51.4. The van der Waals surface area contributed by atoms with Crippen molar-refractivity contribution in [2.45, 2.75) is 128 Å². The highest BCUT2D eigenvalue weighted by Crippen LogP contribution is 2.46. The van der Waals surface area contributed by atoms with E-state index < -0.39 is 238 Å². The average Bonchev–Trinajstić information content (AvgIpc) is 1.68. The molecule has 0 radical (unpaired) electrons. The molecule has 143 heavy (non-hydrogen) atoms. The van der Waals surface area contributed by atoms with Crippen molar-refractivity contribution in [1.29, 1.82) is 0 Å². The fourth-order valence-corrected chi connectivity index (χ4v) is 12.0. The molecule has 26 nitrogen and oxygen atoms in total. The number of aromatic hydroxyl groups is 2. The van der Waals surface area contributed by atoms with Crippen LogP contribution in [0.25, 0.3) is 11.1 Å². The summed E-state index contributed by atoms with van der Waals surface area (Å²) in [6.07, 6.45) is -26.1. The number of aryl methyl sites for hydroxylation is 2. The van der Waals surface area contributed by atoms with E-state index in [9.17, 15) is 170 Å². The van der Waals surface area contributed by atoms with Crippen LogP contribution in [-0.2, 0) is 117 Å². The monoisotopic (exact) mass is 2130 g/mol. The Morgan fingerprint density at radius 3 is 1.20 bits per heavy atom. The fraction of sp³-hybridized carbons (Fsp3) is 0.356. The molecule has 1 fully saturated rings. The van der Waals surface area contributed by atoms with Crippen LogP contribution < -0.4 is 28.6 Å².